The molecule has 7 heteroatoms. The number of ether oxygens (including phenoxy) is 1. The fraction of sp³-hybridized carbons (Fsp3) is 0.524. The molecule has 1 amide bonds. The van der Waals surface area contributed by atoms with Gasteiger partial charge in [-0.2, -0.15) is 5.10 Å². The van der Waals surface area contributed by atoms with Gasteiger partial charge in [-0.25, -0.2) is 9.07 Å². The van der Waals surface area contributed by atoms with Gasteiger partial charge in [0, 0.05) is 37.4 Å². The summed E-state index contributed by atoms with van der Waals surface area (Å²) in [5.74, 6) is -0.298. The van der Waals surface area contributed by atoms with E-state index in [9.17, 15) is 9.18 Å². The summed E-state index contributed by atoms with van der Waals surface area (Å²) in [6.07, 6.45) is 0.735. The summed E-state index contributed by atoms with van der Waals surface area (Å²) in [7, 11) is 0. The van der Waals surface area contributed by atoms with Crippen LogP contribution in [-0.4, -0.2) is 59.0 Å². The summed E-state index contributed by atoms with van der Waals surface area (Å²) in [6.45, 7) is 11.2. The van der Waals surface area contributed by atoms with Gasteiger partial charge in [-0.3, -0.25) is 9.69 Å². The van der Waals surface area contributed by atoms with Crippen LogP contribution in [0.2, 0.25) is 0 Å². The largest absolute Gasteiger partial charge is 0.373 e. The van der Waals surface area contributed by atoms with Crippen molar-refractivity contribution in [3.05, 3.63) is 47.0 Å². The molecule has 2 atom stereocenters. The number of halogens is 1. The molecule has 3 rings (SSSR count). The van der Waals surface area contributed by atoms with E-state index in [0.717, 1.165) is 42.3 Å². The lowest BCUT2D eigenvalue weighted by Crippen LogP contribution is -2.48. The minimum atomic E-state index is -0.283. The fourth-order valence-electron chi connectivity index (χ4n) is 3.81. The Morgan fingerprint density at radius 2 is 1.86 bits per heavy atom. The second-order valence-corrected chi connectivity index (χ2v) is 7.58. The smallest absolute Gasteiger partial charge is 0.224 e. The summed E-state index contributed by atoms with van der Waals surface area (Å²) in [4.78, 5) is 14.8. The van der Waals surface area contributed by atoms with Gasteiger partial charge in [0.05, 0.1) is 30.0 Å². The molecule has 1 saturated heterocycles. The van der Waals surface area contributed by atoms with Crippen molar-refractivity contribution in [2.75, 3.05) is 26.2 Å². The Hall–Kier alpha value is -2.25. The van der Waals surface area contributed by atoms with Crippen LogP contribution in [0, 0.1) is 19.7 Å². The number of carbonyl (C=O) groups excluding carboxylic acids is 1. The van der Waals surface area contributed by atoms with Gasteiger partial charge >= 0.3 is 0 Å². The summed E-state index contributed by atoms with van der Waals surface area (Å²) in [6, 6.07) is 6.18. The highest BCUT2D eigenvalue weighted by Crippen LogP contribution is 2.19. The molecule has 0 aliphatic carbocycles. The molecular weight excluding hydrogens is 359 g/mol. The topological polar surface area (TPSA) is 59.4 Å². The average Bonchev–Trinajstić information content (AvgIpc) is 2.90. The molecule has 28 heavy (non-hydrogen) atoms. The number of rotatable bonds is 6. The molecule has 2 aromatic rings. The lowest BCUT2D eigenvalue weighted by molar-refractivity contribution is -0.120. The second kappa shape index (κ2) is 8.84. The summed E-state index contributed by atoms with van der Waals surface area (Å²) < 4.78 is 20.7. The second-order valence-electron chi connectivity index (χ2n) is 7.58. The Kier molecular flexibility index (Phi) is 6.46. The molecular formula is C21H29FN4O2. The van der Waals surface area contributed by atoms with Crippen molar-refractivity contribution in [1.29, 1.82) is 0 Å². The highest BCUT2D eigenvalue weighted by molar-refractivity contribution is 5.79. The fourth-order valence-corrected chi connectivity index (χ4v) is 3.81. The van der Waals surface area contributed by atoms with Crippen LogP contribution in [0.4, 0.5) is 4.39 Å². The van der Waals surface area contributed by atoms with Gasteiger partial charge in [-0.05, 0) is 52.0 Å². The zero-order chi connectivity index (χ0) is 20.3. The third-order valence-electron chi connectivity index (χ3n) is 5.10. The van der Waals surface area contributed by atoms with Gasteiger partial charge in [0.25, 0.3) is 0 Å². The molecule has 1 fully saturated rings. The van der Waals surface area contributed by atoms with Crippen molar-refractivity contribution in [3.8, 4) is 5.69 Å². The Morgan fingerprint density at radius 1 is 1.21 bits per heavy atom. The zero-order valence-corrected chi connectivity index (χ0v) is 17.0. The molecule has 152 valence electrons. The Balaban J connectivity index is 1.56. The van der Waals surface area contributed by atoms with E-state index in [4.69, 9.17) is 4.74 Å². The van der Waals surface area contributed by atoms with Crippen LogP contribution in [-0.2, 0) is 16.0 Å². The first-order valence-electron chi connectivity index (χ1n) is 9.79. The maximum Gasteiger partial charge on any atom is 0.224 e. The molecule has 0 unspecified atom stereocenters. The maximum atomic E-state index is 13.2. The third-order valence-corrected chi connectivity index (χ3v) is 5.10. The first-order valence-corrected chi connectivity index (χ1v) is 9.79. The third kappa shape index (κ3) is 4.97. The molecule has 0 saturated carbocycles. The van der Waals surface area contributed by atoms with Crippen molar-refractivity contribution in [2.45, 2.75) is 46.3 Å². The van der Waals surface area contributed by atoms with Crippen LogP contribution in [0.25, 0.3) is 5.69 Å². The average molecular weight is 388 g/mol. The summed E-state index contributed by atoms with van der Waals surface area (Å²) in [5.41, 5.74) is 3.41. The molecule has 1 N–H and O–H groups in total. The number of aryl methyl sites for hydroxylation is 1. The van der Waals surface area contributed by atoms with Crippen LogP contribution >= 0.6 is 0 Å². The number of aromatic nitrogens is 2. The highest BCUT2D eigenvalue weighted by atomic mass is 19.1. The standard InChI is InChI=1S/C21H29FN4O2/c1-14-12-25(13-15(2)28-14)10-9-23-21(27)11-20-16(3)24-26(17(20)4)19-7-5-18(22)6-8-19/h5-8,14-15H,9-13H2,1-4H3,(H,23,27)/t14-,15-/m0/s1. The molecule has 0 spiro atoms. The first kappa shape index (κ1) is 20.5. The molecule has 2 heterocycles. The van der Waals surface area contributed by atoms with Gasteiger partial charge in [0.2, 0.25) is 5.91 Å². The van der Waals surface area contributed by atoms with Gasteiger partial charge in [-0.15, -0.1) is 0 Å². The Labute approximate surface area is 165 Å². The van der Waals surface area contributed by atoms with Crippen LogP contribution in [0.15, 0.2) is 24.3 Å². The molecule has 1 aliphatic heterocycles. The molecule has 1 aromatic carbocycles. The van der Waals surface area contributed by atoms with E-state index >= 15 is 0 Å². The van der Waals surface area contributed by atoms with Gasteiger partial charge in [0.15, 0.2) is 0 Å². The number of hydrogen-bond acceptors (Lipinski definition) is 4. The van der Waals surface area contributed by atoms with E-state index in [1.165, 1.54) is 12.1 Å². The van der Waals surface area contributed by atoms with Crippen LogP contribution in [0.3, 0.4) is 0 Å². The molecule has 6 nitrogen and oxygen atoms in total. The predicted molar refractivity (Wildman–Crippen MR) is 106 cm³/mol. The molecule has 1 aliphatic rings. The number of morpholine rings is 1. The lowest BCUT2D eigenvalue weighted by Gasteiger charge is -2.35. The number of benzene rings is 1. The van der Waals surface area contributed by atoms with E-state index < -0.39 is 0 Å². The predicted octanol–water partition coefficient (Wildman–Crippen LogP) is 2.40. The number of nitrogens with zero attached hydrogens (tertiary/aromatic N) is 3. The van der Waals surface area contributed by atoms with Crippen LogP contribution < -0.4 is 5.32 Å². The first-order chi connectivity index (χ1) is 13.3. The maximum absolute atomic E-state index is 13.2. The van der Waals surface area contributed by atoms with E-state index in [1.54, 1.807) is 16.8 Å². The summed E-state index contributed by atoms with van der Waals surface area (Å²) >= 11 is 0. The van der Waals surface area contributed by atoms with Crippen LogP contribution in [0.1, 0.15) is 30.8 Å². The van der Waals surface area contributed by atoms with Crippen molar-refractivity contribution in [1.82, 2.24) is 20.0 Å². The number of hydrogen-bond donors (Lipinski definition) is 1. The SMILES string of the molecule is Cc1nn(-c2ccc(F)cc2)c(C)c1CC(=O)NCCN1C[C@H](C)O[C@@H](C)C1. The monoisotopic (exact) mass is 388 g/mol. The quantitative estimate of drug-likeness (QED) is 0.826. The number of amides is 1. The number of carbonyl (C=O) groups is 1. The van der Waals surface area contributed by atoms with E-state index in [1.807, 2.05) is 13.8 Å². The van der Waals surface area contributed by atoms with Crippen molar-refractivity contribution >= 4 is 5.91 Å². The van der Waals surface area contributed by atoms with Gasteiger partial charge < -0.3 is 10.1 Å². The van der Waals surface area contributed by atoms with Gasteiger partial charge in [0.1, 0.15) is 5.82 Å². The van der Waals surface area contributed by atoms with Crippen molar-refractivity contribution in [3.63, 3.8) is 0 Å². The minimum Gasteiger partial charge on any atom is -0.373 e. The Bertz CT molecular complexity index is 809. The highest BCUT2D eigenvalue weighted by Gasteiger charge is 2.22. The Morgan fingerprint density at radius 3 is 2.50 bits per heavy atom. The summed E-state index contributed by atoms with van der Waals surface area (Å²) in [5, 5.41) is 7.54. The molecule has 1 aromatic heterocycles. The minimum absolute atomic E-state index is 0.0146. The van der Waals surface area contributed by atoms with E-state index in [2.05, 4.69) is 29.2 Å². The van der Waals surface area contributed by atoms with E-state index in [0.29, 0.717) is 6.54 Å². The normalized spacial score (nSPS) is 20.3. The van der Waals surface area contributed by atoms with Gasteiger partial charge in [-0.1, -0.05) is 0 Å². The van der Waals surface area contributed by atoms with Crippen LogP contribution in [0.5, 0.6) is 0 Å². The number of nitrogens with one attached hydrogen (secondary N) is 1. The van der Waals surface area contributed by atoms with Crippen molar-refractivity contribution < 1.29 is 13.9 Å². The van der Waals surface area contributed by atoms with Crippen molar-refractivity contribution in [2.24, 2.45) is 0 Å². The molecule has 0 radical (unpaired) electrons. The van der Waals surface area contributed by atoms with E-state index in [-0.39, 0.29) is 30.4 Å². The zero-order valence-electron chi connectivity index (χ0n) is 17.0. The lowest BCUT2D eigenvalue weighted by atomic mass is 10.1. The molecule has 0 bridgehead atoms.